The maximum absolute atomic E-state index is 12.5. The van der Waals surface area contributed by atoms with Gasteiger partial charge in [-0.25, -0.2) is 0 Å². The Morgan fingerprint density at radius 2 is 2.09 bits per heavy atom. The molecule has 2 aliphatic heterocycles. The first-order chi connectivity index (χ1) is 11.0. The van der Waals surface area contributed by atoms with Gasteiger partial charge in [-0.05, 0) is 38.6 Å². The summed E-state index contributed by atoms with van der Waals surface area (Å²) in [6.45, 7) is 3.49. The number of aliphatic hydroxyl groups is 1. The van der Waals surface area contributed by atoms with E-state index < -0.39 is 5.60 Å². The van der Waals surface area contributed by atoms with E-state index in [1.165, 1.54) is 11.3 Å². The van der Waals surface area contributed by atoms with Crippen molar-refractivity contribution in [3.8, 4) is 0 Å². The van der Waals surface area contributed by atoms with Crippen LogP contribution in [0.1, 0.15) is 18.4 Å². The standard InChI is InChI=1S/C18H27N3O2/c1-19(2)13-18(23)9-12-21(14-18)17(22)8-11-20-10-7-15-5-3-4-6-16(15)20/h3-6,23H,7-14H2,1-2H3/t18-/m1/s1. The lowest BCUT2D eigenvalue weighted by Crippen LogP contribution is -2.43. The average molecular weight is 317 g/mol. The monoisotopic (exact) mass is 317 g/mol. The predicted octanol–water partition coefficient (Wildman–Crippen LogP) is 0.964. The average Bonchev–Trinajstić information content (AvgIpc) is 3.08. The Morgan fingerprint density at radius 1 is 1.30 bits per heavy atom. The normalized spacial score (nSPS) is 23.7. The largest absolute Gasteiger partial charge is 0.387 e. The van der Waals surface area contributed by atoms with Gasteiger partial charge < -0.3 is 19.8 Å². The molecule has 1 amide bonds. The number of nitrogens with zero attached hydrogens (tertiary/aromatic N) is 3. The first-order valence-electron chi connectivity index (χ1n) is 8.45. The Hall–Kier alpha value is -1.59. The molecule has 0 aromatic heterocycles. The number of anilines is 1. The molecule has 0 spiro atoms. The molecule has 1 fully saturated rings. The van der Waals surface area contributed by atoms with Crippen LogP contribution in [0.2, 0.25) is 0 Å². The molecule has 0 saturated carbocycles. The van der Waals surface area contributed by atoms with Gasteiger partial charge in [-0.1, -0.05) is 18.2 Å². The maximum Gasteiger partial charge on any atom is 0.224 e. The molecule has 23 heavy (non-hydrogen) atoms. The lowest BCUT2D eigenvalue weighted by Gasteiger charge is -2.27. The first-order valence-corrected chi connectivity index (χ1v) is 8.45. The summed E-state index contributed by atoms with van der Waals surface area (Å²) in [5.41, 5.74) is 1.90. The van der Waals surface area contributed by atoms with Crippen molar-refractivity contribution in [2.45, 2.75) is 24.9 Å². The number of para-hydroxylation sites is 1. The number of likely N-dealkylation sites (tertiary alicyclic amines) is 1. The Bertz CT molecular complexity index is 575. The van der Waals surface area contributed by atoms with E-state index in [-0.39, 0.29) is 5.91 Å². The molecule has 1 atom stereocenters. The van der Waals surface area contributed by atoms with Gasteiger partial charge in [-0.15, -0.1) is 0 Å². The summed E-state index contributed by atoms with van der Waals surface area (Å²) >= 11 is 0. The number of carbonyl (C=O) groups is 1. The Morgan fingerprint density at radius 3 is 2.87 bits per heavy atom. The van der Waals surface area contributed by atoms with Crippen LogP contribution in [0, 0.1) is 0 Å². The van der Waals surface area contributed by atoms with Crippen molar-refractivity contribution < 1.29 is 9.90 Å². The Labute approximate surface area is 138 Å². The first kappa shape index (κ1) is 16.3. The Balaban J connectivity index is 1.51. The zero-order chi connectivity index (χ0) is 16.4. The summed E-state index contributed by atoms with van der Waals surface area (Å²) in [4.78, 5) is 18.6. The predicted molar refractivity (Wildman–Crippen MR) is 91.7 cm³/mol. The van der Waals surface area contributed by atoms with Crippen molar-refractivity contribution in [2.24, 2.45) is 0 Å². The van der Waals surface area contributed by atoms with Crippen molar-refractivity contribution in [1.82, 2.24) is 9.80 Å². The lowest BCUT2D eigenvalue weighted by molar-refractivity contribution is -0.131. The SMILES string of the molecule is CN(C)C[C@]1(O)CCN(C(=O)CCN2CCc3ccccc32)C1. The minimum absolute atomic E-state index is 0.157. The second-order valence-corrected chi connectivity index (χ2v) is 7.14. The van der Waals surface area contributed by atoms with E-state index in [2.05, 4.69) is 29.2 Å². The highest BCUT2D eigenvalue weighted by atomic mass is 16.3. The van der Waals surface area contributed by atoms with E-state index in [1.54, 1.807) is 0 Å². The third-order valence-corrected chi connectivity index (χ3v) is 4.87. The molecule has 2 heterocycles. The van der Waals surface area contributed by atoms with Crippen LogP contribution < -0.4 is 4.90 Å². The van der Waals surface area contributed by atoms with Crippen LogP contribution in [0.4, 0.5) is 5.69 Å². The van der Waals surface area contributed by atoms with Crippen molar-refractivity contribution >= 4 is 11.6 Å². The molecule has 1 N–H and O–H groups in total. The number of hydrogen-bond donors (Lipinski definition) is 1. The zero-order valence-corrected chi connectivity index (χ0v) is 14.2. The molecule has 2 aliphatic rings. The number of β-amino-alcohol motifs (C(OH)–C–C–N with tert-alkyl or cyclic N) is 1. The van der Waals surface area contributed by atoms with Gasteiger partial charge in [0.15, 0.2) is 0 Å². The number of likely N-dealkylation sites (N-methyl/N-ethyl adjacent to an activating group) is 1. The van der Waals surface area contributed by atoms with E-state index in [0.29, 0.717) is 32.5 Å². The molecule has 5 nitrogen and oxygen atoms in total. The number of hydrogen-bond acceptors (Lipinski definition) is 4. The van der Waals surface area contributed by atoms with Crippen LogP contribution in [0.5, 0.6) is 0 Å². The summed E-state index contributed by atoms with van der Waals surface area (Å²) in [6.07, 6.45) is 2.26. The topological polar surface area (TPSA) is 47.0 Å². The summed E-state index contributed by atoms with van der Waals surface area (Å²) in [5.74, 6) is 0.157. The minimum Gasteiger partial charge on any atom is -0.387 e. The van der Waals surface area contributed by atoms with E-state index in [1.807, 2.05) is 23.9 Å². The molecule has 1 saturated heterocycles. The lowest BCUT2D eigenvalue weighted by atomic mass is 10.0. The quantitative estimate of drug-likeness (QED) is 0.879. The summed E-state index contributed by atoms with van der Waals surface area (Å²) < 4.78 is 0. The fraction of sp³-hybridized carbons (Fsp3) is 0.611. The minimum atomic E-state index is -0.751. The second kappa shape index (κ2) is 6.49. The van der Waals surface area contributed by atoms with Gasteiger partial charge in [0.1, 0.15) is 0 Å². The van der Waals surface area contributed by atoms with Crippen LogP contribution in [0.15, 0.2) is 24.3 Å². The molecule has 0 unspecified atom stereocenters. The van der Waals surface area contributed by atoms with Crippen molar-refractivity contribution in [3.63, 3.8) is 0 Å². The molecule has 0 bridgehead atoms. The Kier molecular flexibility index (Phi) is 4.60. The second-order valence-electron chi connectivity index (χ2n) is 7.14. The smallest absolute Gasteiger partial charge is 0.224 e. The number of rotatable bonds is 5. The van der Waals surface area contributed by atoms with Crippen LogP contribution in [0.25, 0.3) is 0 Å². The molecular weight excluding hydrogens is 290 g/mol. The molecule has 126 valence electrons. The molecule has 1 aromatic carbocycles. The number of carbonyl (C=O) groups excluding carboxylic acids is 1. The third kappa shape index (κ3) is 3.67. The van der Waals surface area contributed by atoms with Gasteiger partial charge in [0.2, 0.25) is 5.91 Å². The number of fused-ring (bicyclic) bond motifs is 1. The van der Waals surface area contributed by atoms with Gasteiger partial charge in [0.25, 0.3) is 0 Å². The van der Waals surface area contributed by atoms with Crippen molar-refractivity contribution in [2.75, 3.05) is 51.7 Å². The molecule has 5 heteroatoms. The number of amides is 1. The highest BCUT2D eigenvalue weighted by molar-refractivity contribution is 5.77. The molecule has 0 aliphatic carbocycles. The highest BCUT2D eigenvalue weighted by Gasteiger charge is 2.38. The highest BCUT2D eigenvalue weighted by Crippen LogP contribution is 2.28. The van der Waals surface area contributed by atoms with Gasteiger partial charge in [-0.2, -0.15) is 0 Å². The van der Waals surface area contributed by atoms with Gasteiger partial charge in [0.05, 0.1) is 12.1 Å². The van der Waals surface area contributed by atoms with Crippen molar-refractivity contribution in [3.05, 3.63) is 29.8 Å². The molecular formula is C18H27N3O2. The van der Waals surface area contributed by atoms with Gasteiger partial charge in [0, 0.05) is 38.3 Å². The third-order valence-electron chi connectivity index (χ3n) is 4.87. The van der Waals surface area contributed by atoms with Gasteiger partial charge in [-0.3, -0.25) is 4.79 Å². The number of benzene rings is 1. The fourth-order valence-electron chi connectivity index (χ4n) is 3.81. The van der Waals surface area contributed by atoms with Crippen LogP contribution in [-0.2, 0) is 11.2 Å². The molecule has 0 radical (unpaired) electrons. The van der Waals surface area contributed by atoms with Gasteiger partial charge >= 0.3 is 0 Å². The van der Waals surface area contributed by atoms with E-state index in [0.717, 1.165) is 19.5 Å². The van der Waals surface area contributed by atoms with E-state index >= 15 is 0 Å². The van der Waals surface area contributed by atoms with Crippen LogP contribution >= 0.6 is 0 Å². The summed E-state index contributed by atoms with van der Waals surface area (Å²) in [6, 6.07) is 8.43. The zero-order valence-electron chi connectivity index (χ0n) is 14.2. The van der Waals surface area contributed by atoms with Crippen molar-refractivity contribution in [1.29, 1.82) is 0 Å². The summed E-state index contributed by atoms with van der Waals surface area (Å²) in [7, 11) is 3.90. The van der Waals surface area contributed by atoms with E-state index in [4.69, 9.17) is 0 Å². The maximum atomic E-state index is 12.5. The molecule has 3 rings (SSSR count). The fourth-order valence-corrected chi connectivity index (χ4v) is 3.81. The summed E-state index contributed by atoms with van der Waals surface area (Å²) in [5, 5.41) is 10.5. The molecule has 1 aromatic rings. The van der Waals surface area contributed by atoms with Crippen LogP contribution in [-0.4, -0.2) is 73.2 Å². The van der Waals surface area contributed by atoms with E-state index in [9.17, 15) is 9.90 Å². The van der Waals surface area contributed by atoms with Crippen LogP contribution in [0.3, 0.4) is 0 Å².